The first kappa shape index (κ1) is 18.4. The van der Waals surface area contributed by atoms with Crippen LogP contribution in [0.15, 0.2) is 10.9 Å². The number of aromatic nitrogens is 2. The van der Waals surface area contributed by atoms with Crippen molar-refractivity contribution in [2.75, 3.05) is 0 Å². The van der Waals surface area contributed by atoms with Gasteiger partial charge >= 0.3 is 7.82 Å². The van der Waals surface area contributed by atoms with Crippen LogP contribution in [-0.2, 0) is 13.8 Å². The Hall–Kier alpha value is -0.890. The zero-order valence-electron chi connectivity index (χ0n) is 11.1. The molecule has 0 spiro atoms. The van der Waals surface area contributed by atoms with Crippen LogP contribution in [0.3, 0.4) is 0 Å². The van der Waals surface area contributed by atoms with Crippen LogP contribution in [-0.4, -0.2) is 65.2 Å². The number of amides is 1. The molecule has 1 aromatic rings. The highest BCUT2D eigenvalue weighted by molar-refractivity contribution is 9.10. The maximum absolute atomic E-state index is 11.1. The van der Waals surface area contributed by atoms with Gasteiger partial charge in [0.05, 0.1) is 6.33 Å². The molecule has 23 heavy (non-hydrogen) atoms. The third-order valence-corrected chi connectivity index (χ3v) is 4.32. The monoisotopic (exact) mass is 417 g/mol. The van der Waals surface area contributed by atoms with Crippen LogP contribution in [0.2, 0.25) is 0 Å². The van der Waals surface area contributed by atoms with Crippen LogP contribution in [0.25, 0.3) is 0 Å². The van der Waals surface area contributed by atoms with Crippen LogP contribution in [0.5, 0.6) is 0 Å². The van der Waals surface area contributed by atoms with Crippen LogP contribution in [0.4, 0.5) is 0 Å². The fraction of sp³-hybridized carbons (Fsp3) is 0.556. The van der Waals surface area contributed by atoms with Gasteiger partial charge in [0.1, 0.15) is 22.9 Å². The van der Waals surface area contributed by atoms with E-state index >= 15 is 0 Å². The van der Waals surface area contributed by atoms with Crippen molar-refractivity contribution in [3.63, 3.8) is 0 Å². The number of carbonyl (C=O) groups is 1. The van der Waals surface area contributed by atoms with Gasteiger partial charge in [0.15, 0.2) is 18.2 Å². The van der Waals surface area contributed by atoms with E-state index in [0.29, 0.717) is 0 Å². The van der Waals surface area contributed by atoms with Gasteiger partial charge in [-0.1, -0.05) is 0 Å². The molecule has 2 heterocycles. The number of halogens is 1. The summed E-state index contributed by atoms with van der Waals surface area (Å²) in [5.74, 6) is -0.856. The minimum atomic E-state index is -5.04. The second-order valence-corrected chi connectivity index (χ2v) is 6.56. The molecule has 7 N–H and O–H groups in total. The smallest absolute Gasteiger partial charge is 0.387 e. The van der Waals surface area contributed by atoms with Crippen molar-refractivity contribution in [3.05, 3.63) is 16.6 Å². The number of imidazole rings is 1. The molecule has 0 saturated carbocycles. The van der Waals surface area contributed by atoms with Crippen molar-refractivity contribution in [1.29, 1.82) is 0 Å². The highest BCUT2D eigenvalue weighted by atomic mass is 79.9. The zero-order valence-corrected chi connectivity index (χ0v) is 13.6. The Morgan fingerprint density at radius 2 is 2.09 bits per heavy atom. The summed E-state index contributed by atoms with van der Waals surface area (Å²) in [5, 5.41) is 29.4. The fourth-order valence-electron chi connectivity index (χ4n) is 2.04. The van der Waals surface area contributed by atoms with E-state index in [1.807, 2.05) is 0 Å². The van der Waals surface area contributed by atoms with Gasteiger partial charge in [0.25, 0.3) is 5.91 Å². The highest BCUT2D eigenvalue weighted by Crippen LogP contribution is 2.41. The van der Waals surface area contributed by atoms with E-state index < -0.39 is 44.6 Å². The number of ether oxygens (including phenoxy) is 1. The lowest BCUT2D eigenvalue weighted by Crippen LogP contribution is -2.39. The molecule has 0 aliphatic carbocycles. The van der Waals surface area contributed by atoms with Gasteiger partial charge in [-0.05, 0) is 15.9 Å². The lowest BCUT2D eigenvalue weighted by Gasteiger charge is -2.21. The lowest BCUT2D eigenvalue weighted by atomic mass is 10.1. The number of phosphoric ester groups is 1. The van der Waals surface area contributed by atoms with Gasteiger partial charge in [0, 0.05) is 0 Å². The summed E-state index contributed by atoms with van der Waals surface area (Å²) in [6, 6.07) is 0. The van der Waals surface area contributed by atoms with E-state index in [4.69, 9.17) is 20.3 Å². The van der Waals surface area contributed by atoms with Crippen molar-refractivity contribution in [2.24, 2.45) is 5.73 Å². The number of aliphatic hydroxyl groups excluding tert-OH is 3. The summed E-state index contributed by atoms with van der Waals surface area (Å²) < 4.78 is 21.1. The Morgan fingerprint density at radius 1 is 1.48 bits per heavy atom. The predicted molar refractivity (Wildman–Crippen MR) is 73.5 cm³/mol. The summed E-state index contributed by atoms with van der Waals surface area (Å²) in [5.41, 5.74) is 4.93. The first-order valence-corrected chi connectivity index (χ1v) is 8.31. The molecular weight excluding hydrogens is 405 g/mol. The van der Waals surface area contributed by atoms with Crippen LogP contribution < -0.4 is 5.73 Å². The van der Waals surface area contributed by atoms with Crippen LogP contribution in [0.1, 0.15) is 16.7 Å². The SMILES string of the molecule is NC(=O)c1ncn([C@@H]2O[C@H](C(O)OP(=O)(O)O)[C@@H](O)[C@H]2O)c1Br. The third-order valence-electron chi connectivity index (χ3n) is 3.04. The zero-order chi connectivity index (χ0) is 17.5. The molecule has 12 nitrogen and oxygen atoms in total. The summed E-state index contributed by atoms with van der Waals surface area (Å²) in [6.45, 7) is 0. The van der Waals surface area contributed by atoms with E-state index in [2.05, 4.69) is 25.4 Å². The summed E-state index contributed by atoms with van der Waals surface area (Å²) >= 11 is 3.02. The third kappa shape index (κ3) is 3.79. The second kappa shape index (κ2) is 6.55. The topological polar surface area (TPSA) is 198 Å². The number of rotatable bonds is 5. The lowest BCUT2D eigenvalue weighted by molar-refractivity contribution is -0.161. The van der Waals surface area contributed by atoms with Gasteiger partial charge in [-0.15, -0.1) is 0 Å². The van der Waals surface area contributed by atoms with E-state index in [0.717, 1.165) is 10.9 Å². The number of nitrogens with zero attached hydrogens (tertiary/aromatic N) is 2. The van der Waals surface area contributed by atoms with Crippen molar-refractivity contribution in [2.45, 2.75) is 30.8 Å². The molecule has 1 amide bonds. The van der Waals surface area contributed by atoms with Crippen molar-refractivity contribution in [1.82, 2.24) is 9.55 Å². The van der Waals surface area contributed by atoms with Crippen LogP contribution >= 0.6 is 23.8 Å². The molecule has 2 rings (SSSR count). The molecule has 130 valence electrons. The van der Waals surface area contributed by atoms with Gasteiger partial charge in [-0.2, -0.15) is 0 Å². The average molecular weight is 418 g/mol. The maximum Gasteiger partial charge on any atom is 0.472 e. The van der Waals surface area contributed by atoms with E-state index in [1.165, 1.54) is 0 Å². The number of hydrogen-bond acceptors (Lipinski definition) is 8. The van der Waals surface area contributed by atoms with Gasteiger partial charge in [-0.25, -0.2) is 9.55 Å². The minimum absolute atomic E-state index is 0.0484. The quantitative estimate of drug-likeness (QED) is 0.225. The number of primary amides is 1. The first-order valence-electron chi connectivity index (χ1n) is 5.98. The maximum atomic E-state index is 11.1. The van der Waals surface area contributed by atoms with E-state index in [9.17, 15) is 24.7 Å². The summed E-state index contributed by atoms with van der Waals surface area (Å²) in [4.78, 5) is 32.1. The predicted octanol–water partition coefficient (Wildman–Crippen LogP) is -2.21. The largest absolute Gasteiger partial charge is 0.472 e. The number of nitrogens with two attached hydrogens (primary N) is 1. The van der Waals surface area contributed by atoms with Gasteiger partial charge < -0.3 is 35.6 Å². The van der Waals surface area contributed by atoms with Gasteiger partial charge in [-0.3, -0.25) is 13.9 Å². The summed E-state index contributed by atoms with van der Waals surface area (Å²) in [7, 11) is -5.04. The first-order chi connectivity index (χ1) is 10.5. The normalized spacial score (nSPS) is 29.7. The Labute approximate surface area is 136 Å². The highest BCUT2D eigenvalue weighted by Gasteiger charge is 2.49. The molecule has 0 aromatic carbocycles. The van der Waals surface area contributed by atoms with Crippen molar-refractivity contribution < 1.29 is 43.7 Å². The number of hydrogen-bond donors (Lipinski definition) is 6. The molecule has 1 aromatic heterocycles. The summed E-state index contributed by atoms with van der Waals surface area (Å²) in [6.07, 6.45) is -7.44. The van der Waals surface area contributed by atoms with E-state index in [-0.39, 0.29) is 10.3 Å². The number of aliphatic hydroxyl groups is 3. The molecule has 0 bridgehead atoms. The number of carbonyl (C=O) groups excluding carboxylic acids is 1. The molecule has 1 saturated heterocycles. The molecule has 1 aliphatic heterocycles. The fourth-order valence-corrected chi connectivity index (χ4v) is 3.03. The Kier molecular flexibility index (Phi) is 5.25. The molecular formula is C9H13BrN3O9P. The Morgan fingerprint density at radius 3 is 2.57 bits per heavy atom. The standard InChI is InChI=1S/C9H13BrN3O9P/c10-6-2(7(11)16)12-1-13(6)8-4(15)3(14)5(21-8)9(17)22-23(18,19)20/h1,3-5,8-9,14-15,17H,(H2,11,16)(H2,18,19,20)/t3-,4+,5-,8+,9?/m0/s1. The Balaban J connectivity index is 2.23. The van der Waals surface area contributed by atoms with Crippen molar-refractivity contribution >= 4 is 29.7 Å². The van der Waals surface area contributed by atoms with Gasteiger partial charge in [0.2, 0.25) is 0 Å². The molecule has 1 fully saturated rings. The van der Waals surface area contributed by atoms with Crippen molar-refractivity contribution in [3.8, 4) is 0 Å². The molecule has 1 unspecified atom stereocenters. The molecule has 14 heteroatoms. The molecule has 1 aliphatic rings. The Bertz CT molecular complexity index is 648. The number of phosphoric acid groups is 1. The minimum Gasteiger partial charge on any atom is -0.387 e. The average Bonchev–Trinajstić information content (AvgIpc) is 2.90. The van der Waals surface area contributed by atoms with Crippen LogP contribution in [0, 0.1) is 0 Å². The second-order valence-electron chi connectivity index (χ2n) is 4.61. The van der Waals surface area contributed by atoms with E-state index in [1.54, 1.807) is 0 Å². The molecule has 0 radical (unpaired) electrons. The molecule has 5 atom stereocenters.